The minimum atomic E-state index is -0.561. The van der Waals surface area contributed by atoms with Crippen LogP contribution in [0.4, 0.5) is 0 Å². The highest BCUT2D eigenvalue weighted by Gasteiger charge is 2.07. The molecule has 0 saturated heterocycles. The molecule has 0 radical (unpaired) electrons. The first-order valence-corrected chi connectivity index (χ1v) is 3.43. The van der Waals surface area contributed by atoms with E-state index in [2.05, 4.69) is 18.5 Å². The summed E-state index contributed by atoms with van der Waals surface area (Å²) in [7, 11) is 0. The summed E-state index contributed by atoms with van der Waals surface area (Å²) in [6.07, 6.45) is 1.43. The van der Waals surface area contributed by atoms with Crippen molar-refractivity contribution in [3.05, 3.63) is 24.8 Å². The SMILES string of the molecule is C=CCNC(=O)C(=C)CC(N)=O. The van der Waals surface area contributed by atoms with Crippen LogP contribution in [0.25, 0.3) is 0 Å². The number of carbonyl (C=O) groups excluding carboxylic acids is 2. The molecule has 4 nitrogen and oxygen atoms in total. The molecule has 0 heterocycles. The maximum atomic E-state index is 11.0. The van der Waals surface area contributed by atoms with Gasteiger partial charge in [0.1, 0.15) is 0 Å². The van der Waals surface area contributed by atoms with E-state index in [1.807, 2.05) is 0 Å². The average molecular weight is 168 g/mol. The minimum Gasteiger partial charge on any atom is -0.369 e. The van der Waals surface area contributed by atoms with E-state index in [0.717, 1.165) is 0 Å². The Labute approximate surface area is 71.1 Å². The fourth-order valence-electron chi connectivity index (χ4n) is 0.580. The van der Waals surface area contributed by atoms with E-state index in [1.165, 1.54) is 6.08 Å². The van der Waals surface area contributed by atoms with Gasteiger partial charge in [0, 0.05) is 12.1 Å². The van der Waals surface area contributed by atoms with Crippen molar-refractivity contribution < 1.29 is 9.59 Å². The molecule has 3 N–H and O–H groups in total. The lowest BCUT2D eigenvalue weighted by Gasteiger charge is -2.02. The normalized spacial score (nSPS) is 8.67. The molecule has 0 aromatic heterocycles. The summed E-state index contributed by atoms with van der Waals surface area (Å²) in [5.74, 6) is -0.928. The highest BCUT2D eigenvalue weighted by Crippen LogP contribution is 1.95. The van der Waals surface area contributed by atoms with Crippen LogP contribution in [0, 0.1) is 0 Å². The monoisotopic (exact) mass is 168 g/mol. The second kappa shape index (κ2) is 5.12. The molecule has 0 aromatic rings. The number of amides is 2. The highest BCUT2D eigenvalue weighted by molar-refractivity contribution is 5.97. The molecule has 0 atom stereocenters. The van der Waals surface area contributed by atoms with Gasteiger partial charge < -0.3 is 11.1 Å². The van der Waals surface area contributed by atoms with Gasteiger partial charge in [-0.2, -0.15) is 0 Å². The largest absolute Gasteiger partial charge is 0.369 e. The molecule has 0 unspecified atom stereocenters. The Balaban J connectivity index is 3.85. The highest BCUT2D eigenvalue weighted by atomic mass is 16.2. The summed E-state index contributed by atoms with van der Waals surface area (Å²) < 4.78 is 0. The summed E-state index contributed by atoms with van der Waals surface area (Å²) in [4.78, 5) is 21.3. The third kappa shape index (κ3) is 4.27. The number of rotatable bonds is 5. The lowest BCUT2D eigenvalue weighted by atomic mass is 10.2. The zero-order chi connectivity index (χ0) is 9.56. The van der Waals surface area contributed by atoms with E-state index in [1.54, 1.807) is 0 Å². The van der Waals surface area contributed by atoms with Crippen LogP contribution >= 0.6 is 0 Å². The first-order valence-electron chi connectivity index (χ1n) is 3.43. The molecule has 0 spiro atoms. The van der Waals surface area contributed by atoms with Crippen molar-refractivity contribution in [3.63, 3.8) is 0 Å². The molecule has 12 heavy (non-hydrogen) atoms. The van der Waals surface area contributed by atoms with Crippen molar-refractivity contribution >= 4 is 11.8 Å². The summed E-state index contributed by atoms with van der Waals surface area (Å²) >= 11 is 0. The molecule has 0 rings (SSSR count). The van der Waals surface area contributed by atoms with E-state index in [9.17, 15) is 9.59 Å². The van der Waals surface area contributed by atoms with Crippen molar-refractivity contribution in [2.45, 2.75) is 6.42 Å². The quantitative estimate of drug-likeness (QED) is 0.437. The molecule has 0 fully saturated rings. The maximum absolute atomic E-state index is 11.0. The Morgan fingerprint density at radius 3 is 2.50 bits per heavy atom. The Hall–Kier alpha value is -1.58. The third-order valence-corrected chi connectivity index (χ3v) is 1.12. The van der Waals surface area contributed by atoms with Crippen molar-refractivity contribution in [1.29, 1.82) is 0 Å². The zero-order valence-electron chi connectivity index (χ0n) is 6.80. The Kier molecular flexibility index (Phi) is 4.45. The van der Waals surface area contributed by atoms with Crippen LogP contribution < -0.4 is 11.1 Å². The summed E-state index contributed by atoms with van der Waals surface area (Å²) in [6.45, 7) is 7.18. The average Bonchev–Trinajstić information content (AvgIpc) is 1.98. The number of hydrogen-bond donors (Lipinski definition) is 2. The van der Waals surface area contributed by atoms with Gasteiger partial charge in [-0.25, -0.2) is 0 Å². The second-order valence-electron chi connectivity index (χ2n) is 2.25. The molecule has 0 saturated carbocycles. The van der Waals surface area contributed by atoms with Crippen LogP contribution in [0.1, 0.15) is 6.42 Å². The van der Waals surface area contributed by atoms with Crippen molar-refractivity contribution in [1.82, 2.24) is 5.32 Å². The summed E-state index contributed by atoms with van der Waals surface area (Å²) in [5.41, 5.74) is 5.03. The smallest absolute Gasteiger partial charge is 0.247 e. The molecule has 0 aliphatic carbocycles. The predicted octanol–water partition coefficient (Wildman–Crippen LogP) is -0.280. The molecule has 0 aromatic carbocycles. The van der Waals surface area contributed by atoms with Crippen LogP contribution in [0.15, 0.2) is 24.8 Å². The van der Waals surface area contributed by atoms with Crippen LogP contribution in [0.5, 0.6) is 0 Å². The van der Waals surface area contributed by atoms with Crippen molar-refractivity contribution in [2.24, 2.45) is 5.73 Å². The first kappa shape index (κ1) is 10.4. The van der Waals surface area contributed by atoms with E-state index in [-0.39, 0.29) is 17.9 Å². The number of carbonyl (C=O) groups is 2. The lowest BCUT2D eigenvalue weighted by molar-refractivity contribution is -0.121. The summed E-state index contributed by atoms with van der Waals surface area (Å²) in [5, 5.41) is 2.47. The second-order valence-corrected chi connectivity index (χ2v) is 2.25. The van der Waals surface area contributed by atoms with Crippen LogP contribution in [0.2, 0.25) is 0 Å². The van der Waals surface area contributed by atoms with Gasteiger partial charge in [-0.15, -0.1) is 6.58 Å². The van der Waals surface area contributed by atoms with Crippen molar-refractivity contribution in [2.75, 3.05) is 6.54 Å². The van der Waals surface area contributed by atoms with Crippen LogP contribution in [-0.2, 0) is 9.59 Å². The van der Waals surface area contributed by atoms with Crippen molar-refractivity contribution in [3.8, 4) is 0 Å². The molecule has 0 bridgehead atoms. The van der Waals surface area contributed by atoms with Gasteiger partial charge in [-0.1, -0.05) is 12.7 Å². The Morgan fingerprint density at radius 2 is 2.08 bits per heavy atom. The fraction of sp³-hybridized carbons (Fsp3) is 0.250. The Bertz CT molecular complexity index is 221. The Morgan fingerprint density at radius 1 is 1.50 bits per heavy atom. The number of nitrogens with one attached hydrogen (secondary N) is 1. The maximum Gasteiger partial charge on any atom is 0.247 e. The molecular weight excluding hydrogens is 156 g/mol. The van der Waals surface area contributed by atoms with Gasteiger partial charge >= 0.3 is 0 Å². The van der Waals surface area contributed by atoms with Crippen LogP contribution in [0.3, 0.4) is 0 Å². The van der Waals surface area contributed by atoms with Gasteiger partial charge in [-0.3, -0.25) is 9.59 Å². The van der Waals surface area contributed by atoms with Gasteiger partial charge in [0.15, 0.2) is 0 Å². The first-order chi connectivity index (χ1) is 5.57. The number of primary amides is 1. The van der Waals surface area contributed by atoms with Gasteiger partial charge in [-0.05, 0) is 0 Å². The number of nitrogens with two attached hydrogens (primary N) is 1. The third-order valence-electron chi connectivity index (χ3n) is 1.12. The van der Waals surface area contributed by atoms with E-state index < -0.39 is 5.91 Å². The van der Waals surface area contributed by atoms with E-state index in [4.69, 9.17) is 5.73 Å². The number of hydrogen-bond acceptors (Lipinski definition) is 2. The molecule has 0 aliphatic rings. The van der Waals surface area contributed by atoms with Crippen LogP contribution in [-0.4, -0.2) is 18.4 Å². The summed E-state index contributed by atoms with van der Waals surface area (Å²) in [6, 6.07) is 0. The predicted molar refractivity (Wildman–Crippen MR) is 46.2 cm³/mol. The molecule has 2 amide bonds. The van der Waals surface area contributed by atoms with Gasteiger partial charge in [0.25, 0.3) is 0 Å². The van der Waals surface area contributed by atoms with E-state index in [0.29, 0.717) is 6.54 Å². The lowest BCUT2D eigenvalue weighted by Crippen LogP contribution is -2.26. The van der Waals surface area contributed by atoms with Gasteiger partial charge in [0.2, 0.25) is 11.8 Å². The zero-order valence-corrected chi connectivity index (χ0v) is 6.80. The van der Waals surface area contributed by atoms with Gasteiger partial charge in [0.05, 0.1) is 6.42 Å². The molecule has 4 heteroatoms. The fourth-order valence-corrected chi connectivity index (χ4v) is 0.580. The molecule has 0 aliphatic heterocycles. The minimum absolute atomic E-state index is 0.108. The van der Waals surface area contributed by atoms with E-state index >= 15 is 0 Å². The standard InChI is InChI=1S/C8H12N2O2/c1-3-4-10-8(12)6(2)5-7(9)11/h3H,1-2,4-5H2,(H2,9,11)(H,10,12). The topological polar surface area (TPSA) is 72.2 Å². The molecular formula is C8H12N2O2. The molecule has 66 valence electrons.